The van der Waals surface area contributed by atoms with Gasteiger partial charge in [0.15, 0.2) is 0 Å². The Morgan fingerprint density at radius 1 is 1.38 bits per heavy atom. The van der Waals surface area contributed by atoms with Gasteiger partial charge in [0.2, 0.25) is 0 Å². The van der Waals surface area contributed by atoms with Gasteiger partial charge in [0.05, 0.1) is 19.5 Å². The molecule has 0 saturated carbocycles. The molecule has 0 spiro atoms. The first-order valence-electron chi connectivity index (χ1n) is 5.10. The number of hydrogen-bond donors (Lipinski definition) is 0. The van der Waals surface area contributed by atoms with Crippen molar-refractivity contribution in [2.75, 3.05) is 13.2 Å². The van der Waals surface area contributed by atoms with Crippen LogP contribution in [0.1, 0.15) is 20.8 Å². The van der Waals surface area contributed by atoms with E-state index in [2.05, 4.69) is 13.2 Å². The highest BCUT2D eigenvalue weighted by Gasteiger charge is 2.20. The minimum Gasteiger partial charge on any atom is -0.500 e. The van der Waals surface area contributed by atoms with Crippen LogP contribution in [0.2, 0.25) is 0 Å². The van der Waals surface area contributed by atoms with Gasteiger partial charge in [-0.1, -0.05) is 32.6 Å². The Bertz CT molecular complexity index is 288. The zero-order chi connectivity index (χ0) is 12.6. The molecular weight excluding hydrogens is 204 g/mol. The van der Waals surface area contributed by atoms with E-state index in [0.717, 1.165) is 11.6 Å². The van der Waals surface area contributed by atoms with Crippen LogP contribution < -0.4 is 0 Å². The quantitative estimate of drug-likeness (QED) is 0.289. The summed E-state index contributed by atoms with van der Waals surface area (Å²) in [5, 5.41) is 0. The minimum absolute atomic E-state index is 0.224. The molecule has 0 aromatic carbocycles. The standard InChI is InChI=1S/C13H20O3/c1-6-12(14)16-10-13(4,5)9-15-8-7-11(2)3/h6-8H,1-2,9-10H2,3-5H3/b8-7+. The van der Waals surface area contributed by atoms with Crippen molar-refractivity contribution >= 4 is 5.97 Å². The summed E-state index contributed by atoms with van der Waals surface area (Å²) in [4.78, 5) is 10.9. The molecule has 16 heavy (non-hydrogen) atoms. The van der Waals surface area contributed by atoms with E-state index >= 15 is 0 Å². The lowest BCUT2D eigenvalue weighted by atomic mass is 9.96. The molecule has 0 rings (SSSR count). The highest BCUT2D eigenvalue weighted by Crippen LogP contribution is 2.16. The molecule has 0 bridgehead atoms. The van der Waals surface area contributed by atoms with Crippen molar-refractivity contribution in [3.8, 4) is 0 Å². The van der Waals surface area contributed by atoms with E-state index in [1.807, 2.05) is 20.8 Å². The maximum absolute atomic E-state index is 10.9. The fraction of sp³-hybridized carbons (Fsp3) is 0.462. The summed E-state index contributed by atoms with van der Waals surface area (Å²) in [5.41, 5.74) is 0.703. The van der Waals surface area contributed by atoms with Crippen LogP contribution in [0.5, 0.6) is 0 Å². The van der Waals surface area contributed by atoms with E-state index < -0.39 is 5.97 Å². The van der Waals surface area contributed by atoms with Gasteiger partial charge in [-0.3, -0.25) is 0 Å². The second-order valence-corrected chi connectivity index (χ2v) is 4.44. The zero-order valence-electron chi connectivity index (χ0n) is 10.3. The smallest absolute Gasteiger partial charge is 0.330 e. The molecule has 0 radical (unpaired) electrons. The predicted octanol–water partition coefficient (Wildman–Crippen LogP) is 2.85. The van der Waals surface area contributed by atoms with Crippen LogP contribution in [0.3, 0.4) is 0 Å². The van der Waals surface area contributed by atoms with Crippen LogP contribution in [0.25, 0.3) is 0 Å². The molecule has 0 aliphatic carbocycles. The summed E-state index contributed by atoms with van der Waals surface area (Å²) < 4.78 is 10.3. The van der Waals surface area contributed by atoms with Crippen molar-refractivity contribution in [1.82, 2.24) is 0 Å². The third kappa shape index (κ3) is 7.85. The monoisotopic (exact) mass is 224 g/mol. The maximum atomic E-state index is 10.9. The van der Waals surface area contributed by atoms with Crippen LogP contribution in [-0.2, 0) is 14.3 Å². The lowest BCUT2D eigenvalue weighted by Gasteiger charge is -2.22. The highest BCUT2D eigenvalue weighted by molar-refractivity contribution is 5.81. The second-order valence-electron chi connectivity index (χ2n) is 4.44. The van der Waals surface area contributed by atoms with Gasteiger partial charge in [0.1, 0.15) is 0 Å². The average Bonchev–Trinajstić information content (AvgIpc) is 2.21. The highest BCUT2D eigenvalue weighted by atomic mass is 16.5. The molecule has 0 aliphatic heterocycles. The Labute approximate surface area is 97.4 Å². The van der Waals surface area contributed by atoms with Crippen molar-refractivity contribution in [2.45, 2.75) is 20.8 Å². The minimum atomic E-state index is -0.412. The zero-order valence-corrected chi connectivity index (χ0v) is 10.3. The summed E-state index contributed by atoms with van der Waals surface area (Å²) in [6, 6.07) is 0. The third-order valence-corrected chi connectivity index (χ3v) is 1.69. The lowest BCUT2D eigenvalue weighted by molar-refractivity contribution is -0.141. The number of allylic oxidation sites excluding steroid dienone is 2. The molecule has 0 saturated heterocycles. The third-order valence-electron chi connectivity index (χ3n) is 1.69. The Morgan fingerprint density at radius 2 is 2.00 bits per heavy atom. The van der Waals surface area contributed by atoms with Gasteiger partial charge in [-0.05, 0) is 13.0 Å². The summed E-state index contributed by atoms with van der Waals surface area (Å²) in [7, 11) is 0. The fourth-order valence-corrected chi connectivity index (χ4v) is 0.805. The summed E-state index contributed by atoms with van der Waals surface area (Å²) in [6.07, 6.45) is 4.53. The largest absolute Gasteiger partial charge is 0.500 e. The number of esters is 1. The Balaban J connectivity index is 3.90. The Kier molecular flexibility index (Phi) is 6.23. The molecule has 0 amide bonds. The molecule has 3 nitrogen and oxygen atoms in total. The average molecular weight is 224 g/mol. The Hall–Kier alpha value is -1.51. The van der Waals surface area contributed by atoms with Gasteiger partial charge in [0, 0.05) is 11.5 Å². The first kappa shape index (κ1) is 14.5. The van der Waals surface area contributed by atoms with Gasteiger partial charge in [-0.2, -0.15) is 0 Å². The van der Waals surface area contributed by atoms with Crippen LogP contribution in [0.15, 0.2) is 37.1 Å². The van der Waals surface area contributed by atoms with E-state index in [1.54, 1.807) is 12.3 Å². The molecule has 0 N–H and O–H groups in total. The number of rotatable bonds is 7. The van der Waals surface area contributed by atoms with Crippen molar-refractivity contribution in [1.29, 1.82) is 0 Å². The molecule has 0 aliphatic rings. The molecule has 0 aromatic rings. The fourth-order valence-electron chi connectivity index (χ4n) is 0.805. The number of carbonyl (C=O) groups is 1. The normalized spacial score (nSPS) is 11.2. The molecule has 0 heterocycles. The van der Waals surface area contributed by atoms with Gasteiger partial charge < -0.3 is 9.47 Å². The van der Waals surface area contributed by atoms with Gasteiger partial charge in [0.25, 0.3) is 0 Å². The van der Waals surface area contributed by atoms with Crippen molar-refractivity contribution in [3.63, 3.8) is 0 Å². The Morgan fingerprint density at radius 3 is 2.50 bits per heavy atom. The van der Waals surface area contributed by atoms with Crippen molar-refractivity contribution in [3.05, 3.63) is 37.1 Å². The van der Waals surface area contributed by atoms with E-state index in [0.29, 0.717) is 13.2 Å². The summed E-state index contributed by atoms with van der Waals surface area (Å²) in [6.45, 7) is 13.6. The van der Waals surface area contributed by atoms with Gasteiger partial charge in [-0.15, -0.1) is 0 Å². The molecule has 0 fully saturated rings. The van der Waals surface area contributed by atoms with E-state index in [1.165, 1.54) is 0 Å². The number of ether oxygens (including phenoxy) is 2. The van der Waals surface area contributed by atoms with E-state index in [9.17, 15) is 4.79 Å². The van der Waals surface area contributed by atoms with E-state index in [4.69, 9.17) is 9.47 Å². The van der Waals surface area contributed by atoms with E-state index in [-0.39, 0.29) is 5.41 Å². The predicted molar refractivity (Wildman–Crippen MR) is 64.8 cm³/mol. The molecule has 0 aromatic heterocycles. The van der Waals surface area contributed by atoms with Crippen LogP contribution >= 0.6 is 0 Å². The summed E-state index contributed by atoms with van der Waals surface area (Å²) in [5.74, 6) is -0.412. The first-order chi connectivity index (χ1) is 7.37. The van der Waals surface area contributed by atoms with Crippen molar-refractivity contribution < 1.29 is 14.3 Å². The van der Waals surface area contributed by atoms with Crippen molar-refractivity contribution in [2.24, 2.45) is 5.41 Å². The summed E-state index contributed by atoms with van der Waals surface area (Å²) >= 11 is 0. The molecule has 0 unspecified atom stereocenters. The number of hydrogen-bond acceptors (Lipinski definition) is 3. The van der Waals surface area contributed by atoms with Crippen LogP contribution in [0, 0.1) is 5.41 Å². The molecule has 0 atom stereocenters. The van der Waals surface area contributed by atoms with Crippen LogP contribution in [0.4, 0.5) is 0 Å². The first-order valence-corrected chi connectivity index (χ1v) is 5.10. The molecule has 90 valence electrons. The molecular formula is C13H20O3. The van der Waals surface area contributed by atoms with Gasteiger partial charge in [-0.25, -0.2) is 4.79 Å². The van der Waals surface area contributed by atoms with Crippen LogP contribution in [-0.4, -0.2) is 19.2 Å². The number of carbonyl (C=O) groups excluding carboxylic acids is 1. The maximum Gasteiger partial charge on any atom is 0.330 e. The SMILES string of the molecule is C=CC(=O)OCC(C)(C)CO/C=C/C(=C)C. The van der Waals surface area contributed by atoms with Gasteiger partial charge >= 0.3 is 5.97 Å². The second kappa shape index (κ2) is 6.88. The topological polar surface area (TPSA) is 35.5 Å². The molecule has 3 heteroatoms. The lowest BCUT2D eigenvalue weighted by Crippen LogP contribution is -2.26.